The summed E-state index contributed by atoms with van der Waals surface area (Å²) in [7, 11) is 0. The van der Waals surface area contributed by atoms with E-state index in [0.717, 1.165) is 19.3 Å². The van der Waals surface area contributed by atoms with Crippen LogP contribution in [0.5, 0.6) is 0 Å². The standard InChI is InChI=1S/C22H21Cl.H3P/c23-22(16-19-10-4-1-5-11-19,17-20-12-6-2-7-13-20)18-21-14-8-3-9-15-21;/h1-15H,16-18H2;1H3. The first-order chi connectivity index (χ1) is 11.2. The number of hydrogen-bond acceptors (Lipinski definition) is 0. The number of alkyl halides is 1. The third-order valence-corrected chi connectivity index (χ3v) is 4.49. The lowest BCUT2D eigenvalue weighted by molar-refractivity contribution is 0.562. The first-order valence-corrected chi connectivity index (χ1v) is 8.42. The third-order valence-electron chi connectivity index (χ3n) is 4.09. The molecule has 1 unspecified atom stereocenters. The summed E-state index contributed by atoms with van der Waals surface area (Å²) in [4.78, 5) is -0.315. The molecule has 0 saturated carbocycles. The van der Waals surface area contributed by atoms with E-state index < -0.39 is 0 Å². The van der Waals surface area contributed by atoms with Crippen LogP contribution in [0.2, 0.25) is 0 Å². The Hall–Kier alpha value is -1.62. The molecule has 0 nitrogen and oxygen atoms in total. The maximum absolute atomic E-state index is 7.14. The Morgan fingerprint density at radius 2 is 0.750 bits per heavy atom. The van der Waals surface area contributed by atoms with Crippen molar-refractivity contribution in [2.75, 3.05) is 0 Å². The molecule has 0 N–H and O–H groups in total. The number of rotatable bonds is 6. The Morgan fingerprint density at radius 3 is 1.00 bits per heavy atom. The average Bonchev–Trinajstić information content (AvgIpc) is 2.57. The highest BCUT2D eigenvalue weighted by Crippen LogP contribution is 2.30. The summed E-state index contributed by atoms with van der Waals surface area (Å²) in [5, 5.41) is 0. The van der Waals surface area contributed by atoms with Gasteiger partial charge in [-0.1, -0.05) is 91.0 Å². The molecule has 0 spiro atoms. The van der Waals surface area contributed by atoms with Crippen molar-refractivity contribution in [3.63, 3.8) is 0 Å². The van der Waals surface area contributed by atoms with E-state index in [4.69, 9.17) is 11.6 Å². The molecule has 0 radical (unpaired) electrons. The van der Waals surface area contributed by atoms with E-state index in [-0.39, 0.29) is 14.8 Å². The number of benzene rings is 3. The van der Waals surface area contributed by atoms with Crippen LogP contribution in [0.3, 0.4) is 0 Å². The van der Waals surface area contributed by atoms with Crippen molar-refractivity contribution in [2.45, 2.75) is 24.1 Å². The summed E-state index contributed by atoms with van der Waals surface area (Å²) < 4.78 is 0. The lowest BCUT2D eigenvalue weighted by Gasteiger charge is -2.28. The molecule has 0 aliphatic heterocycles. The van der Waals surface area contributed by atoms with Gasteiger partial charge in [0.1, 0.15) is 0 Å². The van der Waals surface area contributed by atoms with Gasteiger partial charge in [-0.05, 0) is 36.0 Å². The zero-order valence-corrected chi connectivity index (χ0v) is 16.0. The fourth-order valence-electron chi connectivity index (χ4n) is 3.07. The zero-order chi connectivity index (χ0) is 16.0. The molecule has 0 saturated heterocycles. The van der Waals surface area contributed by atoms with Gasteiger partial charge in [0.15, 0.2) is 0 Å². The average molecular weight is 355 g/mol. The molecule has 124 valence electrons. The van der Waals surface area contributed by atoms with Crippen LogP contribution in [0.1, 0.15) is 16.7 Å². The van der Waals surface area contributed by atoms with Gasteiger partial charge in [0, 0.05) is 0 Å². The van der Waals surface area contributed by atoms with Crippen molar-refractivity contribution in [1.29, 1.82) is 0 Å². The van der Waals surface area contributed by atoms with Crippen molar-refractivity contribution in [1.82, 2.24) is 0 Å². The quantitative estimate of drug-likeness (QED) is 0.390. The molecular formula is C22H24ClP. The molecule has 1 atom stereocenters. The van der Waals surface area contributed by atoms with E-state index in [2.05, 4.69) is 72.8 Å². The minimum absolute atomic E-state index is 0. The maximum Gasteiger partial charge on any atom is 0.0567 e. The smallest absolute Gasteiger partial charge is 0.0567 e. The van der Waals surface area contributed by atoms with Crippen molar-refractivity contribution in [3.05, 3.63) is 108 Å². The lowest BCUT2D eigenvalue weighted by atomic mass is 9.86. The van der Waals surface area contributed by atoms with E-state index in [9.17, 15) is 0 Å². The molecule has 0 aromatic heterocycles. The molecule has 3 aromatic rings. The second-order valence-electron chi connectivity index (χ2n) is 6.14. The second kappa shape index (κ2) is 9.02. The summed E-state index contributed by atoms with van der Waals surface area (Å²) in [5.41, 5.74) is 3.86. The van der Waals surface area contributed by atoms with Crippen LogP contribution >= 0.6 is 21.5 Å². The molecule has 0 amide bonds. The van der Waals surface area contributed by atoms with Crippen LogP contribution in [0.4, 0.5) is 0 Å². The Kier molecular flexibility index (Phi) is 7.03. The predicted molar refractivity (Wildman–Crippen MR) is 110 cm³/mol. The van der Waals surface area contributed by atoms with E-state index >= 15 is 0 Å². The van der Waals surface area contributed by atoms with Gasteiger partial charge in [0.2, 0.25) is 0 Å². The molecule has 3 aromatic carbocycles. The third kappa shape index (κ3) is 5.48. The van der Waals surface area contributed by atoms with Gasteiger partial charge in [0.05, 0.1) is 4.87 Å². The number of halogens is 1. The zero-order valence-electron chi connectivity index (χ0n) is 13.9. The van der Waals surface area contributed by atoms with Crippen LogP contribution in [-0.4, -0.2) is 4.87 Å². The Labute approximate surface area is 153 Å². The van der Waals surface area contributed by atoms with E-state index in [1.807, 2.05) is 18.2 Å². The monoisotopic (exact) mass is 354 g/mol. The van der Waals surface area contributed by atoms with Gasteiger partial charge < -0.3 is 0 Å². The van der Waals surface area contributed by atoms with Crippen LogP contribution < -0.4 is 0 Å². The first-order valence-electron chi connectivity index (χ1n) is 8.04. The van der Waals surface area contributed by atoms with Gasteiger partial charge >= 0.3 is 0 Å². The van der Waals surface area contributed by atoms with Crippen LogP contribution in [0, 0.1) is 0 Å². The van der Waals surface area contributed by atoms with Crippen LogP contribution in [-0.2, 0) is 19.3 Å². The summed E-state index contributed by atoms with van der Waals surface area (Å²) in [6.45, 7) is 0. The van der Waals surface area contributed by atoms with Gasteiger partial charge in [-0.15, -0.1) is 11.6 Å². The topological polar surface area (TPSA) is 0 Å². The molecular weight excluding hydrogens is 331 g/mol. The normalized spacial score (nSPS) is 10.9. The van der Waals surface area contributed by atoms with E-state index in [1.54, 1.807) is 0 Å². The predicted octanol–water partition coefficient (Wildman–Crippen LogP) is 5.75. The Morgan fingerprint density at radius 1 is 0.500 bits per heavy atom. The second-order valence-corrected chi connectivity index (χ2v) is 6.94. The lowest BCUT2D eigenvalue weighted by Crippen LogP contribution is -2.30. The van der Waals surface area contributed by atoms with E-state index in [0.29, 0.717) is 0 Å². The van der Waals surface area contributed by atoms with Crippen molar-refractivity contribution in [2.24, 2.45) is 0 Å². The molecule has 0 fully saturated rings. The molecule has 2 heteroatoms. The highest BCUT2D eigenvalue weighted by Gasteiger charge is 2.28. The summed E-state index contributed by atoms with van der Waals surface area (Å²) in [6.07, 6.45) is 2.58. The SMILES string of the molecule is ClC(Cc1ccccc1)(Cc1ccccc1)Cc1ccccc1.P. The highest BCUT2D eigenvalue weighted by atomic mass is 35.5. The summed E-state index contributed by atoms with van der Waals surface area (Å²) in [6, 6.07) is 31.6. The molecule has 0 heterocycles. The fourth-order valence-corrected chi connectivity index (χ4v) is 3.54. The van der Waals surface area contributed by atoms with Gasteiger partial charge in [0.25, 0.3) is 0 Å². The summed E-state index contributed by atoms with van der Waals surface area (Å²) in [5.74, 6) is 0. The maximum atomic E-state index is 7.14. The van der Waals surface area contributed by atoms with Gasteiger partial charge in [-0.2, -0.15) is 9.90 Å². The molecule has 0 aliphatic carbocycles. The van der Waals surface area contributed by atoms with Crippen LogP contribution in [0.25, 0.3) is 0 Å². The largest absolute Gasteiger partial charge is 0.153 e. The van der Waals surface area contributed by atoms with Crippen molar-refractivity contribution >= 4 is 21.5 Å². The van der Waals surface area contributed by atoms with Gasteiger partial charge in [-0.3, -0.25) is 0 Å². The Bertz CT molecular complexity index is 609. The van der Waals surface area contributed by atoms with Crippen LogP contribution in [0.15, 0.2) is 91.0 Å². The molecule has 3 rings (SSSR count). The minimum atomic E-state index is -0.315. The van der Waals surface area contributed by atoms with Crippen molar-refractivity contribution < 1.29 is 0 Å². The van der Waals surface area contributed by atoms with Crippen molar-refractivity contribution in [3.8, 4) is 0 Å². The fraction of sp³-hybridized carbons (Fsp3) is 0.182. The number of hydrogen-bond donors (Lipinski definition) is 0. The molecule has 0 aliphatic rings. The highest BCUT2D eigenvalue weighted by molar-refractivity contribution is 6.92. The van der Waals surface area contributed by atoms with Gasteiger partial charge in [-0.25, -0.2) is 0 Å². The van der Waals surface area contributed by atoms with E-state index in [1.165, 1.54) is 16.7 Å². The molecule has 24 heavy (non-hydrogen) atoms. The Balaban J connectivity index is 0.00000208. The minimum Gasteiger partial charge on any atom is -0.153 e. The summed E-state index contributed by atoms with van der Waals surface area (Å²) >= 11 is 7.14. The molecule has 0 bridgehead atoms. The first kappa shape index (κ1) is 18.7.